The van der Waals surface area contributed by atoms with Gasteiger partial charge in [0.25, 0.3) is 0 Å². The highest BCUT2D eigenvalue weighted by Crippen LogP contribution is 2.35. The lowest BCUT2D eigenvalue weighted by atomic mass is 10.0. The SMILES string of the molecule is N#Cc1ccc(-c2ccccc2OC(F)(F)F)c(F)c1. The molecule has 0 aliphatic heterocycles. The van der Waals surface area contributed by atoms with Gasteiger partial charge in [-0.15, -0.1) is 13.2 Å². The third kappa shape index (κ3) is 3.06. The van der Waals surface area contributed by atoms with Crippen LogP contribution in [0.25, 0.3) is 11.1 Å². The van der Waals surface area contributed by atoms with Gasteiger partial charge < -0.3 is 4.74 Å². The second kappa shape index (κ2) is 5.21. The zero-order valence-corrected chi connectivity index (χ0v) is 9.91. The third-order valence-corrected chi connectivity index (χ3v) is 2.50. The van der Waals surface area contributed by atoms with Crippen LogP contribution in [0.1, 0.15) is 5.56 Å². The molecule has 2 nitrogen and oxygen atoms in total. The van der Waals surface area contributed by atoms with Gasteiger partial charge in [-0.2, -0.15) is 5.26 Å². The monoisotopic (exact) mass is 281 g/mol. The summed E-state index contributed by atoms with van der Waals surface area (Å²) in [6, 6.07) is 10.5. The van der Waals surface area contributed by atoms with Crippen molar-refractivity contribution in [2.75, 3.05) is 0 Å². The van der Waals surface area contributed by atoms with Crippen molar-refractivity contribution >= 4 is 0 Å². The van der Waals surface area contributed by atoms with Crippen molar-refractivity contribution in [3.05, 3.63) is 53.8 Å². The molecule has 20 heavy (non-hydrogen) atoms. The van der Waals surface area contributed by atoms with Gasteiger partial charge in [0.05, 0.1) is 11.6 Å². The summed E-state index contributed by atoms with van der Waals surface area (Å²) in [5.74, 6) is -1.29. The van der Waals surface area contributed by atoms with E-state index >= 15 is 0 Å². The van der Waals surface area contributed by atoms with E-state index in [0.717, 1.165) is 12.1 Å². The Balaban J connectivity index is 2.51. The molecule has 0 aliphatic carbocycles. The van der Waals surface area contributed by atoms with Crippen LogP contribution in [-0.2, 0) is 0 Å². The predicted molar refractivity (Wildman–Crippen MR) is 63.2 cm³/mol. The number of nitriles is 1. The number of nitrogens with zero attached hydrogens (tertiary/aromatic N) is 1. The Kier molecular flexibility index (Phi) is 3.61. The molecule has 0 heterocycles. The molecule has 0 aliphatic rings. The lowest BCUT2D eigenvalue weighted by Gasteiger charge is -2.13. The van der Waals surface area contributed by atoms with Gasteiger partial charge in [0.2, 0.25) is 0 Å². The van der Waals surface area contributed by atoms with E-state index in [1.54, 1.807) is 6.07 Å². The largest absolute Gasteiger partial charge is 0.573 e. The van der Waals surface area contributed by atoms with Crippen molar-refractivity contribution in [3.8, 4) is 22.9 Å². The Hall–Kier alpha value is -2.55. The average Bonchev–Trinajstić information content (AvgIpc) is 2.38. The molecular weight excluding hydrogens is 274 g/mol. The fourth-order valence-electron chi connectivity index (χ4n) is 1.71. The van der Waals surface area contributed by atoms with Gasteiger partial charge in [0.1, 0.15) is 11.6 Å². The number of ether oxygens (including phenoxy) is 1. The number of benzene rings is 2. The number of rotatable bonds is 2. The van der Waals surface area contributed by atoms with Crippen LogP contribution in [0.3, 0.4) is 0 Å². The molecule has 2 aromatic rings. The minimum Gasteiger partial charge on any atom is -0.405 e. The molecule has 0 unspecified atom stereocenters. The summed E-state index contributed by atoms with van der Waals surface area (Å²) in [6.07, 6.45) is -4.86. The maximum atomic E-state index is 13.8. The first-order valence-electron chi connectivity index (χ1n) is 5.45. The Morgan fingerprint density at radius 1 is 1.00 bits per heavy atom. The van der Waals surface area contributed by atoms with Gasteiger partial charge in [-0.25, -0.2) is 4.39 Å². The second-order valence-corrected chi connectivity index (χ2v) is 3.85. The van der Waals surface area contributed by atoms with E-state index in [0.29, 0.717) is 0 Å². The summed E-state index contributed by atoms with van der Waals surface area (Å²) in [6.45, 7) is 0. The van der Waals surface area contributed by atoms with Crippen molar-refractivity contribution < 1.29 is 22.3 Å². The molecule has 0 atom stereocenters. The molecule has 2 aromatic carbocycles. The van der Waals surface area contributed by atoms with Crippen LogP contribution < -0.4 is 4.74 Å². The first-order valence-corrected chi connectivity index (χ1v) is 5.45. The van der Waals surface area contributed by atoms with E-state index in [2.05, 4.69) is 4.74 Å². The number of halogens is 4. The van der Waals surface area contributed by atoms with Gasteiger partial charge in [0.15, 0.2) is 0 Å². The van der Waals surface area contributed by atoms with E-state index in [4.69, 9.17) is 5.26 Å². The molecule has 0 bridgehead atoms. The highest BCUT2D eigenvalue weighted by molar-refractivity contribution is 5.71. The first kappa shape index (κ1) is 13.9. The lowest BCUT2D eigenvalue weighted by molar-refractivity contribution is -0.274. The molecule has 0 radical (unpaired) electrons. The van der Waals surface area contributed by atoms with Crippen LogP contribution in [-0.4, -0.2) is 6.36 Å². The molecular formula is C14H7F4NO. The molecule has 0 saturated heterocycles. The minimum absolute atomic E-state index is 0.0354. The Morgan fingerprint density at radius 2 is 1.70 bits per heavy atom. The van der Waals surface area contributed by atoms with Crippen LogP contribution in [0, 0.1) is 17.1 Å². The van der Waals surface area contributed by atoms with Gasteiger partial charge >= 0.3 is 6.36 Å². The Bertz CT molecular complexity index is 674. The highest BCUT2D eigenvalue weighted by Gasteiger charge is 2.32. The van der Waals surface area contributed by atoms with Gasteiger partial charge in [0, 0.05) is 11.1 Å². The molecule has 0 saturated carbocycles. The van der Waals surface area contributed by atoms with Gasteiger partial charge in [-0.1, -0.05) is 18.2 Å². The minimum atomic E-state index is -4.86. The van der Waals surface area contributed by atoms with E-state index in [1.807, 2.05) is 0 Å². The number of alkyl halides is 3. The summed E-state index contributed by atoms with van der Waals surface area (Å²) in [5, 5.41) is 8.64. The normalized spacial score (nSPS) is 10.9. The Morgan fingerprint density at radius 3 is 2.30 bits per heavy atom. The average molecular weight is 281 g/mol. The van der Waals surface area contributed by atoms with E-state index in [1.165, 1.54) is 30.3 Å². The number of para-hydroxylation sites is 1. The standard InChI is InChI=1S/C14H7F4NO/c15-12-7-9(8-19)5-6-10(12)11-3-1-2-4-13(11)20-14(16,17)18/h1-7H. The maximum absolute atomic E-state index is 13.8. The summed E-state index contributed by atoms with van der Waals surface area (Å²) in [5.41, 5.74) is -0.0175. The summed E-state index contributed by atoms with van der Waals surface area (Å²) in [7, 11) is 0. The molecule has 102 valence electrons. The third-order valence-electron chi connectivity index (χ3n) is 2.50. The van der Waals surface area contributed by atoms with Crippen molar-refractivity contribution in [2.24, 2.45) is 0 Å². The molecule has 0 fully saturated rings. The zero-order valence-electron chi connectivity index (χ0n) is 9.91. The van der Waals surface area contributed by atoms with Gasteiger partial charge in [-0.05, 0) is 24.3 Å². The Labute approximate surface area is 111 Å². The fourth-order valence-corrected chi connectivity index (χ4v) is 1.71. The van der Waals surface area contributed by atoms with Crippen LogP contribution in [0.2, 0.25) is 0 Å². The van der Waals surface area contributed by atoms with E-state index in [-0.39, 0.29) is 16.7 Å². The van der Waals surface area contributed by atoms with Crippen molar-refractivity contribution in [1.29, 1.82) is 5.26 Å². The topological polar surface area (TPSA) is 33.0 Å². The zero-order chi connectivity index (χ0) is 14.8. The smallest absolute Gasteiger partial charge is 0.405 e. The number of hydrogen-bond acceptors (Lipinski definition) is 2. The van der Waals surface area contributed by atoms with Crippen molar-refractivity contribution in [2.45, 2.75) is 6.36 Å². The van der Waals surface area contributed by atoms with Crippen LogP contribution in [0.5, 0.6) is 5.75 Å². The predicted octanol–water partition coefficient (Wildman–Crippen LogP) is 4.26. The molecule has 2 rings (SSSR count). The lowest BCUT2D eigenvalue weighted by Crippen LogP contribution is -2.17. The van der Waals surface area contributed by atoms with Crippen LogP contribution in [0.15, 0.2) is 42.5 Å². The van der Waals surface area contributed by atoms with Crippen LogP contribution >= 0.6 is 0 Å². The summed E-state index contributed by atoms with van der Waals surface area (Å²) < 4.78 is 54.6. The maximum Gasteiger partial charge on any atom is 0.573 e. The molecule has 0 aromatic heterocycles. The van der Waals surface area contributed by atoms with Crippen LogP contribution in [0.4, 0.5) is 17.6 Å². The second-order valence-electron chi connectivity index (χ2n) is 3.85. The molecule has 0 amide bonds. The number of hydrogen-bond donors (Lipinski definition) is 0. The van der Waals surface area contributed by atoms with Crippen molar-refractivity contribution in [1.82, 2.24) is 0 Å². The summed E-state index contributed by atoms with van der Waals surface area (Å²) >= 11 is 0. The quantitative estimate of drug-likeness (QED) is 0.770. The molecule has 0 spiro atoms. The van der Waals surface area contributed by atoms with E-state index in [9.17, 15) is 17.6 Å². The van der Waals surface area contributed by atoms with Crippen molar-refractivity contribution in [3.63, 3.8) is 0 Å². The van der Waals surface area contributed by atoms with Gasteiger partial charge in [-0.3, -0.25) is 0 Å². The highest BCUT2D eigenvalue weighted by atomic mass is 19.4. The molecule has 6 heteroatoms. The van der Waals surface area contributed by atoms with E-state index < -0.39 is 17.9 Å². The first-order chi connectivity index (χ1) is 9.40. The molecule has 0 N–H and O–H groups in total. The fraction of sp³-hybridized carbons (Fsp3) is 0.0714. The summed E-state index contributed by atoms with van der Waals surface area (Å²) in [4.78, 5) is 0.